The van der Waals surface area contributed by atoms with E-state index >= 15 is 0 Å². The van der Waals surface area contributed by atoms with Crippen LogP contribution in [-0.2, 0) is 11.2 Å². The van der Waals surface area contributed by atoms with E-state index in [1.807, 2.05) is 11.0 Å². The molecule has 4 rings (SSSR count). The minimum Gasteiger partial charge on any atom is -0.369 e. The molecule has 2 aromatic carbocycles. The molecule has 0 saturated carbocycles. The molecule has 136 valence electrons. The number of hydrogen-bond donors (Lipinski definition) is 0. The topological polar surface area (TPSA) is 26.8 Å². The Balaban J connectivity index is 1.40. The smallest absolute Gasteiger partial charge is 0.244 e. The number of anilines is 2. The minimum atomic E-state index is -0.0693. The van der Waals surface area contributed by atoms with Gasteiger partial charge >= 0.3 is 0 Å². The Bertz CT molecular complexity index is 795. The average molecular weight is 349 g/mol. The van der Waals surface area contributed by atoms with Crippen LogP contribution in [0, 0.1) is 6.92 Å². The number of nitrogens with zero attached hydrogens (tertiary/aromatic N) is 3. The quantitative estimate of drug-likeness (QED) is 0.852. The molecule has 0 N–H and O–H groups in total. The zero-order chi connectivity index (χ0) is 18.1. The second-order valence-electron chi connectivity index (χ2n) is 7.35. The lowest BCUT2D eigenvalue weighted by atomic mass is 10.1. The fraction of sp³-hybridized carbons (Fsp3) is 0.409. The van der Waals surface area contributed by atoms with Gasteiger partial charge in [-0.15, -0.1) is 0 Å². The molecular formula is C22H27N3O. The third kappa shape index (κ3) is 3.10. The molecule has 0 aliphatic carbocycles. The van der Waals surface area contributed by atoms with Crippen LogP contribution in [-0.4, -0.2) is 49.6 Å². The maximum atomic E-state index is 13.1. The van der Waals surface area contributed by atoms with E-state index in [0.717, 1.165) is 44.8 Å². The molecule has 1 amide bonds. The van der Waals surface area contributed by atoms with E-state index in [2.05, 4.69) is 66.1 Å². The van der Waals surface area contributed by atoms with Crippen molar-refractivity contribution in [3.63, 3.8) is 0 Å². The lowest BCUT2D eigenvalue weighted by Gasteiger charge is -2.40. The number of carbonyl (C=O) groups excluding carboxylic acids is 1. The van der Waals surface area contributed by atoms with Gasteiger partial charge in [0.05, 0.1) is 6.04 Å². The lowest BCUT2D eigenvalue weighted by molar-refractivity contribution is -0.123. The second-order valence-corrected chi connectivity index (χ2v) is 7.35. The summed E-state index contributed by atoms with van der Waals surface area (Å²) in [5.74, 6) is 0.235. The third-order valence-electron chi connectivity index (χ3n) is 5.83. The molecule has 4 heteroatoms. The first-order valence-electron chi connectivity index (χ1n) is 9.59. The van der Waals surface area contributed by atoms with Gasteiger partial charge in [-0.05, 0) is 43.5 Å². The largest absolute Gasteiger partial charge is 0.369 e. The molecule has 0 unspecified atom stereocenters. The number of rotatable bonds is 3. The normalized spacial score (nSPS) is 18.7. The van der Waals surface area contributed by atoms with E-state index in [-0.39, 0.29) is 11.9 Å². The van der Waals surface area contributed by atoms with Gasteiger partial charge in [-0.3, -0.25) is 9.69 Å². The van der Waals surface area contributed by atoms with Crippen LogP contribution in [0.3, 0.4) is 0 Å². The number of benzene rings is 2. The first kappa shape index (κ1) is 17.1. The van der Waals surface area contributed by atoms with Gasteiger partial charge < -0.3 is 9.80 Å². The van der Waals surface area contributed by atoms with E-state index in [1.54, 1.807) is 0 Å². The maximum Gasteiger partial charge on any atom is 0.244 e. The number of carbonyl (C=O) groups is 1. The zero-order valence-electron chi connectivity index (χ0n) is 15.7. The van der Waals surface area contributed by atoms with E-state index < -0.39 is 0 Å². The summed E-state index contributed by atoms with van der Waals surface area (Å²) in [6.07, 6.45) is 0.968. The highest BCUT2D eigenvalue weighted by Gasteiger charge is 2.32. The van der Waals surface area contributed by atoms with Gasteiger partial charge in [0.25, 0.3) is 0 Å². The lowest BCUT2D eigenvalue weighted by Crippen LogP contribution is -2.54. The van der Waals surface area contributed by atoms with Gasteiger partial charge in [-0.25, -0.2) is 0 Å². The summed E-state index contributed by atoms with van der Waals surface area (Å²) >= 11 is 0. The molecule has 4 nitrogen and oxygen atoms in total. The van der Waals surface area contributed by atoms with Crippen LogP contribution in [0.4, 0.5) is 11.4 Å². The van der Waals surface area contributed by atoms with Gasteiger partial charge in [-0.1, -0.05) is 36.4 Å². The standard InChI is InChI=1S/C22H27N3O/c1-17-7-3-5-9-20(17)24-15-13-23(14-16-24)18(2)22(26)25-12-11-19-8-4-6-10-21(19)25/h3-10,18H,11-16H2,1-2H3/t18-/m1/s1. The molecule has 0 aromatic heterocycles. The van der Waals surface area contributed by atoms with Crippen molar-refractivity contribution in [1.82, 2.24) is 4.90 Å². The third-order valence-corrected chi connectivity index (χ3v) is 5.83. The number of aryl methyl sites for hydroxylation is 1. The molecule has 1 saturated heterocycles. The summed E-state index contributed by atoms with van der Waals surface area (Å²) in [4.78, 5) is 19.8. The van der Waals surface area contributed by atoms with Crippen molar-refractivity contribution < 1.29 is 4.79 Å². The molecule has 26 heavy (non-hydrogen) atoms. The molecule has 2 aromatic rings. The predicted molar refractivity (Wildman–Crippen MR) is 107 cm³/mol. The first-order chi connectivity index (χ1) is 12.6. The summed E-state index contributed by atoms with van der Waals surface area (Å²) in [5, 5.41) is 0. The van der Waals surface area contributed by atoms with Crippen LogP contribution in [0.15, 0.2) is 48.5 Å². The number of amides is 1. The molecule has 1 atom stereocenters. The Morgan fingerprint density at radius 3 is 2.27 bits per heavy atom. The predicted octanol–water partition coefficient (Wildman–Crippen LogP) is 3.09. The second kappa shape index (κ2) is 7.12. The summed E-state index contributed by atoms with van der Waals surface area (Å²) in [5.41, 5.74) is 5.03. The highest BCUT2D eigenvalue weighted by atomic mass is 16.2. The summed E-state index contributed by atoms with van der Waals surface area (Å²) in [6.45, 7) is 8.84. The van der Waals surface area contributed by atoms with Gasteiger partial charge in [0.1, 0.15) is 0 Å². The molecule has 0 radical (unpaired) electrons. The van der Waals surface area contributed by atoms with Gasteiger partial charge in [-0.2, -0.15) is 0 Å². The highest BCUT2D eigenvalue weighted by Crippen LogP contribution is 2.29. The first-order valence-corrected chi connectivity index (χ1v) is 9.59. The molecule has 2 aliphatic rings. The van der Waals surface area contributed by atoms with Crippen molar-refractivity contribution in [2.24, 2.45) is 0 Å². The van der Waals surface area contributed by atoms with E-state index in [0.29, 0.717) is 0 Å². The molecule has 2 heterocycles. The molecular weight excluding hydrogens is 322 g/mol. The Hall–Kier alpha value is -2.33. The molecule has 1 fully saturated rings. The van der Waals surface area contributed by atoms with Gasteiger partial charge in [0, 0.05) is 44.1 Å². The van der Waals surface area contributed by atoms with Crippen LogP contribution < -0.4 is 9.80 Å². The Morgan fingerprint density at radius 2 is 1.54 bits per heavy atom. The van der Waals surface area contributed by atoms with Crippen LogP contribution in [0.2, 0.25) is 0 Å². The molecule has 0 spiro atoms. The van der Waals surface area contributed by atoms with Gasteiger partial charge in [0.2, 0.25) is 5.91 Å². The number of hydrogen-bond acceptors (Lipinski definition) is 3. The van der Waals surface area contributed by atoms with E-state index in [1.165, 1.54) is 16.8 Å². The van der Waals surface area contributed by atoms with Crippen molar-refractivity contribution in [2.45, 2.75) is 26.3 Å². The maximum absolute atomic E-state index is 13.1. The summed E-state index contributed by atoms with van der Waals surface area (Å²) < 4.78 is 0. The molecule has 2 aliphatic heterocycles. The van der Waals surface area contributed by atoms with Crippen molar-refractivity contribution in [3.8, 4) is 0 Å². The molecule has 0 bridgehead atoms. The van der Waals surface area contributed by atoms with Gasteiger partial charge in [0.15, 0.2) is 0 Å². The van der Waals surface area contributed by atoms with Crippen LogP contribution >= 0.6 is 0 Å². The Morgan fingerprint density at radius 1 is 0.885 bits per heavy atom. The van der Waals surface area contributed by atoms with Crippen molar-refractivity contribution in [2.75, 3.05) is 42.5 Å². The number of para-hydroxylation sites is 2. The fourth-order valence-electron chi connectivity index (χ4n) is 4.22. The van der Waals surface area contributed by atoms with Crippen molar-refractivity contribution in [3.05, 3.63) is 59.7 Å². The average Bonchev–Trinajstić information content (AvgIpc) is 3.11. The van der Waals surface area contributed by atoms with Crippen LogP contribution in [0.25, 0.3) is 0 Å². The summed E-state index contributed by atoms with van der Waals surface area (Å²) in [6, 6.07) is 16.8. The van der Waals surface area contributed by atoms with E-state index in [9.17, 15) is 4.79 Å². The van der Waals surface area contributed by atoms with Crippen molar-refractivity contribution >= 4 is 17.3 Å². The number of piperazine rings is 1. The van der Waals surface area contributed by atoms with Crippen molar-refractivity contribution in [1.29, 1.82) is 0 Å². The Kier molecular flexibility index (Phi) is 4.68. The van der Waals surface area contributed by atoms with Crippen LogP contribution in [0.1, 0.15) is 18.1 Å². The highest BCUT2D eigenvalue weighted by molar-refractivity contribution is 5.98. The SMILES string of the molecule is Cc1ccccc1N1CCN([C@H](C)C(=O)N2CCc3ccccc32)CC1. The number of fused-ring (bicyclic) bond motifs is 1. The monoisotopic (exact) mass is 349 g/mol. The zero-order valence-corrected chi connectivity index (χ0v) is 15.7. The minimum absolute atomic E-state index is 0.0693. The van der Waals surface area contributed by atoms with Crippen LogP contribution in [0.5, 0.6) is 0 Å². The fourth-order valence-corrected chi connectivity index (χ4v) is 4.22. The van der Waals surface area contributed by atoms with E-state index in [4.69, 9.17) is 0 Å². The Labute approximate surface area is 156 Å². The summed E-state index contributed by atoms with van der Waals surface area (Å²) in [7, 11) is 0.